The maximum atomic E-state index is 12.4. The molecule has 0 atom stereocenters. The first kappa shape index (κ1) is 18.0. The number of anilines is 2. The lowest BCUT2D eigenvalue weighted by Gasteiger charge is -2.08. The second-order valence-corrected chi connectivity index (χ2v) is 5.82. The molecule has 2 N–H and O–H groups in total. The molecule has 1 aromatic heterocycles. The van der Waals surface area contributed by atoms with E-state index < -0.39 is 11.8 Å². The Hall–Kier alpha value is -3.80. The molecule has 0 saturated heterocycles. The number of amides is 2. The van der Waals surface area contributed by atoms with Crippen LogP contribution in [0.5, 0.6) is 0 Å². The number of nitrogens with zero attached hydrogens (tertiary/aromatic N) is 1. The Morgan fingerprint density at radius 3 is 1.89 bits per heavy atom. The van der Waals surface area contributed by atoms with Crippen LogP contribution in [0.3, 0.4) is 0 Å². The number of ketones is 1. The monoisotopic (exact) mass is 359 g/mol. The van der Waals surface area contributed by atoms with Gasteiger partial charge < -0.3 is 10.6 Å². The summed E-state index contributed by atoms with van der Waals surface area (Å²) in [7, 11) is 0. The van der Waals surface area contributed by atoms with Crippen LogP contribution < -0.4 is 10.6 Å². The molecule has 134 valence electrons. The van der Waals surface area contributed by atoms with Crippen LogP contribution in [0, 0.1) is 0 Å². The van der Waals surface area contributed by atoms with Crippen molar-refractivity contribution in [1.82, 2.24) is 4.98 Å². The molecule has 0 spiro atoms. The lowest BCUT2D eigenvalue weighted by molar-refractivity contribution is 0.100. The van der Waals surface area contributed by atoms with Gasteiger partial charge in [-0.05, 0) is 43.3 Å². The van der Waals surface area contributed by atoms with Crippen LogP contribution in [0.1, 0.15) is 38.3 Å². The zero-order valence-corrected chi connectivity index (χ0v) is 14.6. The van der Waals surface area contributed by atoms with Crippen molar-refractivity contribution in [2.24, 2.45) is 0 Å². The molecule has 0 bridgehead atoms. The molecule has 6 heteroatoms. The average Bonchev–Trinajstić information content (AvgIpc) is 2.69. The average molecular weight is 359 g/mol. The van der Waals surface area contributed by atoms with E-state index in [2.05, 4.69) is 15.6 Å². The van der Waals surface area contributed by atoms with Crippen LogP contribution in [0.4, 0.5) is 11.4 Å². The molecule has 0 radical (unpaired) electrons. The molecule has 0 saturated carbocycles. The third-order valence-electron chi connectivity index (χ3n) is 3.77. The van der Waals surface area contributed by atoms with Gasteiger partial charge in [-0.25, -0.2) is 4.98 Å². The molecular formula is C21H17N3O3. The van der Waals surface area contributed by atoms with Gasteiger partial charge in [0.1, 0.15) is 11.4 Å². The van der Waals surface area contributed by atoms with Gasteiger partial charge in [0.15, 0.2) is 5.78 Å². The minimum atomic E-state index is -0.468. The standard InChI is InChI=1S/C21H17N3O3/c1-14(25)15-7-5-10-17(13-15)23-21(27)19-12-6-11-18(24-19)20(26)22-16-8-3-2-4-9-16/h2-13H,1H3,(H,22,26)(H,23,27). The van der Waals surface area contributed by atoms with Crippen molar-refractivity contribution in [2.45, 2.75) is 6.92 Å². The Balaban J connectivity index is 1.74. The number of hydrogen-bond donors (Lipinski definition) is 2. The second kappa shape index (κ2) is 8.05. The number of pyridine rings is 1. The fourth-order valence-electron chi connectivity index (χ4n) is 2.42. The summed E-state index contributed by atoms with van der Waals surface area (Å²) >= 11 is 0. The Morgan fingerprint density at radius 1 is 0.704 bits per heavy atom. The van der Waals surface area contributed by atoms with Gasteiger partial charge in [0, 0.05) is 16.9 Å². The number of Topliss-reactive ketones (excluding diaryl/α,β-unsaturated/α-hetero) is 1. The normalized spacial score (nSPS) is 10.1. The van der Waals surface area contributed by atoms with Crippen molar-refractivity contribution in [3.05, 3.63) is 89.7 Å². The number of nitrogens with one attached hydrogen (secondary N) is 2. The lowest BCUT2D eigenvalue weighted by Crippen LogP contribution is -2.18. The van der Waals surface area contributed by atoms with Crippen molar-refractivity contribution in [3.8, 4) is 0 Å². The molecule has 0 fully saturated rings. The summed E-state index contributed by atoms with van der Waals surface area (Å²) in [6.07, 6.45) is 0. The van der Waals surface area contributed by atoms with E-state index in [1.165, 1.54) is 19.1 Å². The lowest BCUT2D eigenvalue weighted by atomic mass is 10.1. The third-order valence-corrected chi connectivity index (χ3v) is 3.77. The highest BCUT2D eigenvalue weighted by Gasteiger charge is 2.13. The van der Waals surface area contributed by atoms with Crippen LogP contribution in [0.25, 0.3) is 0 Å². The minimum absolute atomic E-state index is 0.0937. The number of rotatable bonds is 5. The Kier molecular flexibility index (Phi) is 5.37. The van der Waals surface area contributed by atoms with Gasteiger partial charge in [-0.2, -0.15) is 0 Å². The number of benzene rings is 2. The molecule has 3 aromatic rings. The molecule has 2 aromatic carbocycles. The van der Waals surface area contributed by atoms with E-state index >= 15 is 0 Å². The van der Waals surface area contributed by atoms with Crippen LogP contribution in [-0.2, 0) is 0 Å². The van der Waals surface area contributed by atoms with Crippen molar-refractivity contribution < 1.29 is 14.4 Å². The molecule has 27 heavy (non-hydrogen) atoms. The Morgan fingerprint density at radius 2 is 1.26 bits per heavy atom. The fourth-order valence-corrected chi connectivity index (χ4v) is 2.42. The van der Waals surface area contributed by atoms with Crippen LogP contribution >= 0.6 is 0 Å². The summed E-state index contributed by atoms with van der Waals surface area (Å²) in [4.78, 5) is 40.3. The van der Waals surface area contributed by atoms with Crippen LogP contribution in [-0.4, -0.2) is 22.6 Å². The van der Waals surface area contributed by atoms with Gasteiger partial charge in [-0.1, -0.05) is 36.4 Å². The van der Waals surface area contributed by atoms with E-state index in [1.54, 1.807) is 42.5 Å². The molecule has 0 aliphatic carbocycles. The van der Waals surface area contributed by atoms with Gasteiger partial charge in [-0.15, -0.1) is 0 Å². The van der Waals surface area contributed by atoms with E-state index in [9.17, 15) is 14.4 Å². The first-order valence-corrected chi connectivity index (χ1v) is 8.29. The number of hydrogen-bond acceptors (Lipinski definition) is 4. The Bertz CT molecular complexity index is 1000. The van der Waals surface area contributed by atoms with Crippen molar-refractivity contribution >= 4 is 29.0 Å². The Labute approximate surface area is 156 Å². The number of aromatic nitrogens is 1. The smallest absolute Gasteiger partial charge is 0.274 e. The largest absolute Gasteiger partial charge is 0.321 e. The van der Waals surface area contributed by atoms with E-state index in [0.29, 0.717) is 16.9 Å². The number of carbonyl (C=O) groups is 3. The first-order valence-electron chi connectivity index (χ1n) is 8.29. The quantitative estimate of drug-likeness (QED) is 0.679. The summed E-state index contributed by atoms with van der Waals surface area (Å²) < 4.78 is 0. The van der Waals surface area contributed by atoms with Gasteiger partial charge >= 0.3 is 0 Å². The second-order valence-electron chi connectivity index (χ2n) is 5.82. The molecule has 6 nitrogen and oxygen atoms in total. The SMILES string of the molecule is CC(=O)c1cccc(NC(=O)c2cccc(C(=O)Nc3ccccc3)n2)c1. The van der Waals surface area contributed by atoms with E-state index in [0.717, 1.165) is 0 Å². The van der Waals surface area contributed by atoms with Gasteiger partial charge in [0.05, 0.1) is 0 Å². The molecule has 2 amide bonds. The summed E-state index contributed by atoms with van der Waals surface area (Å²) in [5.74, 6) is -0.969. The maximum Gasteiger partial charge on any atom is 0.274 e. The van der Waals surface area contributed by atoms with Crippen molar-refractivity contribution in [3.63, 3.8) is 0 Å². The summed E-state index contributed by atoms with van der Waals surface area (Å²) in [6.45, 7) is 1.46. The predicted octanol–water partition coefficient (Wildman–Crippen LogP) is 3.79. The van der Waals surface area contributed by atoms with Crippen LogP contribution in [0.15, 0.2) is 72.8 Å². The third kappa shape index (κ3) is 4.64. The van der Waals surface area contributed by atoms with E-state index in [4.69, 9.17) is 0 Å². The highest BCUT2D eigenvalue weighted by molar-refractivity contribution is 6.06. The number of para-hydroxylation sites is 1. The summed E-state index contributed by atoms with van der Waals surface area (Å²) in [5, 5.41) is 5.41. The molecule has 3 rings (SSSR count). The molecule has 1 heterocycles. The van der Waals surface area contributed by atoms with Gasteiger partial charge in [-0.3, -0.25) is 14.4 Å². The van der Waals surface area contributed by atoms with Crippen molar-refractivity contribution in [1.29, 1.82) is 0 Å². The summed E-state index contributed by atoms with van der Waals surface area (Å²) in [6, 6.07) is 20.2. The summed E-state index contributed by atoms with van der Waals surface area (Å²) in [5.41, 5.74) is 1.85. The minimum Gasteiger partial charge on any atom is -0.321 e. The highest BCUT2D eigenvalue weighted by Crippen LogP contribution is 2.13. The van der Waals surface area contributed by atoms with Gasteiger partial charge in [0.25, 0.3) is 11.8 Å². The molecule has 0 unspecified atom stereocenters. The predicted molar refractivity (Wildman–Crippen MR) is 103 cm³/mol. The number of carbonyl (C=O) groups excluding carboxylic acids is 3. The van der Waals surface area contributed by atoms with E-state index in [1.807, 2.05) is 18.2 Å². The topological polar surface area (TPSA) is 88.2 Å². The highest BCUT2D eigenvalue weighted by atomic mass is 16.2. The maximum absolute atomic E-state index is 12.4. The van der Waals surface area contributed by atoms with Gasteiger partial charge in [0.2, 0.25) is 0 Å². The fraction of sp³-hybridized carbons (Fsp3) is 0.0476. The van der Waals surface area contributed by atoms with E-state index in [-0.39, 0.29) is 17.2 Å². The first-order chi connectivity index (χ1) is 13.0. The zero-order valence-electron chi connectivity index (χ0n) is 14.6. The van der Waals surface area contributed by atoms with Crippen LogP contribution in [0.2, 0.25) is 0 Å². The van der Waals surface area contributed by atoms with Crippen molar-refractivity contribution in [2.75, 3.05) is 10.6 Å². The molecule has 0 aliphatic rings. The molecular weight excluding hydrogens is 342 g/mol. The molecule has 0 aliphatic heterocycles. The zero-order chi connectivity index (χ0) is 19.2.